The number of rotatable bonds is 11. The number of hydrogen-bond donors (Lipinski definition) is 1. The lowest BCUT2D eigenvalue weighted by Crippen LogP contribution is -2.21. The van der Waals surface area contributed by atoms with Gasteiger partial charge in [0.25, 0.3) is 0 Å². The van der Waals surface area contributed by atoms with Gasteiger partial charge in [-0.25, -0.2) is 0 Å². The van der Waals surface area contributed by atoms with Crippen LogP contribution in [0.15, 0.2) is 0 Å². The summed E-state index contributed by atoms with van der Waals surface area (Å²) >= 11 is 0. The maximum Gasteiger partial charge on any atom is 0.0780 e. The summed E-state index contributed by atoms with van der Waals surface area (Å²) in [7, 11) is 0. The quantitative estimate of drug-likeness (QED) is 0.557. The van der Waals surface area contributed by atoms with Crippen molar-refractivity contribution in [3.8, 4) is 0 Å². The van der Waals surface area contributed by atoms with Gasteiger partial charge in [-0.3, -0.25) is 0 Å². The van der Waals surface area contributed by atoms with Gasteiger partial charge in [-0.15, -0.1) is 0 Å². The topological polar surface area (TPSA) is 38.7 Å². The molecule has 3 heteroatoms. The summed E-state index contributed by atoms with van der Waals surface area (Å²) in [5, 5.41) is 8.57. The molecule has 0 saturated heterocycles. The lowest BCUT2D eigenvalue weighted by Gasteiger charge is -2.18. The molecule has 0 rings (SSSR count). The largest absolute Gasteiger partial charge is 0.394 e. The summed E-state index contributed by atoms with van der Waals surface area (Å²) in [6, 6.07) is 0. The molecule has 0 aromatic rings. The molecule has 1 N–H and O–H groups in total. The number of hydrogen-bond acceptors (Lipinski definition) is 3. The highest BCUT2D eigenvalue weighted by atomic mass is 16.5. The van der Waals surface area contributed by atoms with E-state index in [1.807, 2.05) is 6.92 Å². The molecule has 3 nitrogen and oxygen atoms in total. The Bertz CT molecular complexity index is 139. The average molecular weight is 232 g/mol. The summed E-state index contributed by atoms with van der Waals surface area (Å²) in [6.07, 6.45) is 5.12. The van der Waals surface area contributed by atoms with Gasteiger partial charge in [0.1, 0.15) is 0 Å². The van der Waals surface area contributed by atoms with Crippen LogP contribution in [0, 0.1) is 5.92 Å². The maximum atomic E-state index is 8.57. The summed E-state index contributed by atoms with van der Waals surface area (Å²) in [6.45, 7) is 8.35. The summed E-state index contributed by atoms with van der Waals surface area (Å²) in [4.78, 5) is 0. The van der Waals surface area contributed by atoms with Crippen molar-refractivity contribution in [1.29, 1.82) is 0 Å². The molecule has 0 saturated carbocycles. The van der Waals surface area contributed by atoms with Crippen molar-refractivity contribution in [3.05, 3.63) is 0 Å². The van der Waals surface area contributed by atoms with Gasteiger partial charge in [-0.2, -0.15) is 0 Å². The summed E-state index contributed by atoms with van der Waals surface area (Å²) in [5.41, 5.74) is 0. The van der Waals surface area contributed by atoms with Gasteiger partial charge >= 0.3 is 0 Å². The highest BCUT2D eigenvalue weighted by Crippen LogP contribution is 2.13. The Balaban J connectivity index is 3.50. The van der Waals surface area contributed by atoms with Crippen molar-refractivity contribution in [3.63, 3.8) is 0 Å². The van der Waals surface area contributed by atoms with E-state index in [0.29, 0.717) is 19.1 Å². The molecule has 16 heavy (non-hydrogen) atoms. The minimum absolute atomic E-state index is 0.0841. The van der Waals surface area contributed by atoms with E-state index < -0.39 is 0 Å². The van der Waals surface area contributed by atoms with Crippen LogP contribution in [-0.2, 0) is 9.47 Å². The second kappa shape index (κ2) is 11.4. The molecule has 0 heterocycles. The number of unbranched alkanes of at least 4 members (excludes halogenated alkanes) is 1. The molecule has 0 aromatic heterocycles. The van der Waals surface area contributed by atoms with Crippen molar-refractivity contribution >= 4 is 0 Å². The zero-order valence-electron chi connectivity index (χ0n) is 11.1. The third kappa shape index (κ3) is 9.13. The van der Waals surface area contributed by atoms with Crippen molar-refractivity contribution in [1.82, 2.24) is 0 Å². The Kier molecular flexibility index (Phi) is 11.3. The van der Waals surface area contributed by atoms with E-state index in [2.05, 4.69) is 13.8 Å². The number of aliphatic hydroxyl groups is 1. The van der Waals surface area contributed by atoms with Crippen LogP contribution in [0.3, 0.4) is 0 Å². The van der Waals surface area contributed by atoms with Crippen molar-refractivity contribution < 1.29 is 14.6 Å². The summed E-state index contributed by atoms with van der Waals surface area (Å²) in [5.74, 6) is 0.681. The smallest absolute Gasteiger partial charge is 0.0780 e. The van der Waals surface area contributed by atoms with Crippen LogP contribution in [0.2, 0.25) is 0 Å². The first kappa shape index (κ1) is 15.9. The highest BCUT2D eigenvalue weighted by molar-refractivity contribution is 4.58. The molecule has 0 aliphatic heterocycles. The van der Waals surface area contributed by atoms with Crippen LogP contribution < -0.4 is 0 Å². The van der Waals surface area contributed by atoms with Crippen LogP contribution >= 0.6 is 0 Å². The van der Waals surface area contributed by atoms with E-state index in [1.54, 1.807) is 0 Å². The Morgan fingerprint density at radius 1 is 1.19 bits per heavy atom. The van der Waals surface area contributed by atoms with Crippen LogP contribution in [0.1, 0.15) is 46.5 Å². The lowest BCUT2D eigenvalue weighted by molar-refractivity contribution is -0.0275. The first-order valence-electron chi connectivity index (χ1n) is 6.54. The van der Waals surface area contributed by atoms with Gasteiger partial charge in [-0.05, 0) is 19.3 Å². The predicted octanol–water partition coefficient (Wildman–Crippen LogP) is 2.62. The van der Waals surface area contributed by atoms with E-state index in [-0.39, 0.29) is 12.7 Å². The molecule has 0 amide bonds. The minimum atomic E-state index is 0.0841. The molecule has 0 spiro atoms. The van der Waals surface area contributed by atoms with Crippen LogP contribution in [0.25, 0.3) is 0 Å². The van der Waals surface area contributed by atoms with Crippen molar-refractivity contribution in [2.45, 2.75) is 52.6 Å². The first-order valence-corrected chi connectivity index (χ1v) is 6.54. The fourth-order valence-electron chi connectivity index (χ4n) is 1.56. The Labute approximate surface area is 100 Å². The second-order valence-electron chi connectivity index (χ2n) is 4.36. The fourth-order valence-corrected chi connectivity index (χ4v) is 1.56. The lowest BCUT2D eigenvalue weighted by atomic mass is 10.0. The Hall–Kier alpha value is -0.120. The molecule has 0 fully saturated rings. The Morgan fingerprint density at radius 3 is 2.50 bits per heavy atom. The molecule has 0 aromatic carbocycles. The standard InChI is InChI=1S/C13H28O3/c1-4-6-7-13(5-2)11-16-12(3)10-15-9-8-14/h12-14H,4-11H2,1-3H3. The van der Waals surface area contributed by atoms with Gasteiger partial charge in [0, 0.05) is 6.61 Å². The SMILES string of the molecule is CCCCC(CC)COC(C)COCCO. The Morgan fingerprint density at radius 2 is 1.94 bits per heavy atom. The monoisotopic (exact) mass is 232 g/mol. The zero-order chi connectivity index (χ0) is 12.2. The first-order chi connectivity index (χ1) is 7.74. The van der Waals surface area contributed by atoms with Gasteiger partial charge in [-0.1, -0.05) is 33.1 Å². The van der Waals surface area contributed by atoms with Gasteiger partial charge < -0.3 is 14.6 Å². The molecule has 2 unspecified atom stereocenters. The zero-order valence-corrected chi connectivity index (χ0v) is 11.1. The van der Waals surface area contributed by atoms with E-state index in [1.165, 1.54) is 25.7 Å². The molecule has 0 bridgehead atoms. The number of aliphatic hydroxyl groups excluding tert-OH is 1. The number of ether oxygens (including phenoxy) is 2. The van der Waals surface area contributed by atoms with Gasteiger partial charge in [0.2, 0.25) is 0 Å². The molecule has 0 radical (unpaired) electrons. The molecule has 0 aliphatic carbocycles. The molecule has 0 aliphatic rings. The van der Waals surface area contributed by atoms with E-state index in [9.17, 15) is 0 Å². The van der Waals surface area contributed by atoms with Crippen molar-refractivity contribution in [2.24, 2.45) is 5.92 Å². The third-order valence-corrected chi connectivity index (χ3v) is 2.75. The molecule has 98 valence electrons. The van der Waals surface area contributed by atoms with E-state index >= 15 is 0 Å². The highest BCUT2D eigenvalue weighted by Gasteiger charge is 2.09. The normalized spacial score (nSPS) is 15.0. The van der Waals surface area contributed by atoms with Gasteiger partial charge in [0.15, 0.2) is 0 Å². The minimum Gasteiger partial charge on any atom is -0.394 e. The predicted molar refractivity (Wildman–Crippen MR) is 66.6 cm³/mol. The van der Waals surface area contributed by atoms with Gasteiger partial charge in [0.05, 0.1) is 25.9 Å². The van der Waals surface area contributed by atoms with E-state index in [4.69, 9.17) is 14.6 Å². The summed E-state index contributed by atoms with van der Waals surface area (Å²) < 4.78 is 10.9. The van der Waals surface area contributed by atoms with Crippen LogP contribution in [0.5, 0.6) is 0 Å². The van der Waals surface area contributed by atoms with E-state index in [0.717, 1.165) is 6.61 Å². The molecule has 2 atom stereocenters. The third-order valence-electron chi connectivity index (χ3n) is 2.75. The van der Waals surface area contributed by atoms with Crippen LogP contribution in [0.4, 0.5) is 0 Å². The fraction of sp³-hybridized carbons (Fsp3) is 1.00. The molecular weight excluding hydrogens is 204 g/mol. The average Bonchev–Trinajstić information content (AvgIpc) is 2.30. The van der Waals surface area contributed by atoms with Crippen LogP contribution in [-0.4, -0.2) is 37.6 Å². The second-order valence-corrected chi connectivity index (χ2v) is 4.36. The maximum absolute atomic E-state index is 8.57. The molecular formula is C13H28O3. The van der Waals surface area contributed by atoms with Crippen molar-refractivity contribution in [2.75, 3.05) is 26.4 Å².